The molecular weight excluding hydrogens is 359 g/mol. The van der Waals surface area contributed by atoms with Crippen LogP contribution in [0.15, 0.2) is 24.7 Å². The van der Waals surface area contributed by atoms with Crippen molar-refractivity contribution < 1.29 is 14.6 Å². The molecule has 3 N–H and O–H groups in total. The molecule has 136 valence electrons. The first-order valence-corrected chi connectivity index (χ1v) is 8.91. The zero-order chi connectivity index (χ0) is 18.3. The highest BCUT2D eigenvalue weighted by Gasteiger charge is 2.31. The number of halogens is 2. The van der Waals surface area contributed by atoms with Gasteiger partial charge in [-0.25, -0.2) is 19.3 Å². The Kier molecular flexibility index (Phi) is 4.60. The lowest BCUT2D eigenvalue weighted by atomic mass is 9.82. The van der Waals surface area contributed by atoms with Crippen molar-refractivity contribution >= 4 is 22.6 Å². The molecule has 1 saturated carbocycles. The number of aliphatic hydroxyl groups is 2. The number of fused-ring (bicyclic) bond motifs is 1. The van der Waals surface area contributed by atoms with Crippen LogP contribution in [0.1, 0.15) is 25.0 Å². The highest BCUT2D eigenvalue weighted by molar-refractivity contribution is 6.31. The third-order valence-corrected chi connectivity index (χ3v) is 5.17. The third-order valence-electron chi connectivity index (χ3n) is 4.96. The van der Waals surface area contributed by atoms with E-state index >= 15 is 0 Å². The molecule has 0 amide bonds. The van der Waals surface area contributed by atoms with Crippen LogP contribution >= 0.6 is 11.6 Å². The van der Waals surface area contributed by atoms with Gasteiger partial charge in [0.25, 0.3) is 0 Å². The van der Waals surface area contributed by atoms with Gasteiger partial charge in [0.1, 0.15) is 5.65 Å². The van der Waals surface area contributed by atoms with Gasteiger partial charge < -0.3 is 15.2 Å². The Morgan fingerprint density at radius 3 is 2.92 bits per heavy atom. The molecular formula is C18H18ClFN4O2. The van der Waals surface area contributed by atoms with E-state index in [1.54, 1.807) is 12.3 Å². The highest BCUT2D eigenvalue weighted by atomic mass is 35.5. The fourth-order valence-corrected chi connectivity index (χ4v) is 3.71. The van der Waals surface area contributed by atoms with E-state index in [4.69, 9.17) is 11.6 Å². The largest absolute Gasteiger partial charge is 0.390 e. The van der Waals surface area contributed by atoms with Gasteiger partial charge in [-0.05, 0) is 31.2 Å². The molecule has 3 aromatic heterocycles. The van der Waals surface area contributed by atoms with E-state index in [-0.39, 0.29) is 18.0 Å². The molecule has 4 rings (SSSR count). The molecule has 6 nitrogen and oxygen atoms in total. The van der Waals surface area contributed by atoms with Crippen molar-refractivity contribution in [1.29, 1.82) is 0 Å². The summed E-state index contributed by atoms with van der Waals surface area (Å²) in [6.45, 7) is 0. The van der Waals surface area contributed by atoms with Gasteiger partial charge in [0.15, 0.2) is 11.6 Å². The van der Waals surface area contributed by atoms with Gasteiger partial charge >= 0.3 is 0 Å². The zero-order valence-electron chi connectivity index (χ0n) is 13.9. The average molecular weight is 377 g/mol. The SMILES string of the molecule is O[C@@H]1[C@@H](Cc2nc(-c3c[nH]c4ncc(Cl)cc34)ncc2F)CCC[C@H]1O. The fraction of sp³-hybridized carbons (Fsp3) is 0.389. The van der Waals surface area contributed by atoms with Crippen LogP contribution in [-0.2, 0) is 6.42 Å². The molecule has 1 fully saturated rings. The molecule has 0 spiro atoms. The van der Waals surface area contributed by atoms with E-state index in [1.807, 2.05) is 0 Å². The Balaban J connectivity index is 1.68. The molecule has 1 aliphatic rings. The molecule has 0 unspecified atom stereocenters. The zero-order valence-corrected chi connectivity index (χ0v) is 14.6. The lowest BCUT2D eigenvalue weighted by Crippen LogP contribution is -2.38. The van der Waals surface area contributed by atoms with Gasteiger partial charge in [-0.15, -0.1) is 0 Å². The third kappa shape index (κ3) is 3.18. The number of pyridine rings is 1. The first kappa shape index (κ1) is 17.3. The number of aromatic amines is 1. The van der Waals surface area contributed by atoms with Gasteiger partial charge in [0, 0.05) is 23.3 Å². The van der Waals surface area contributed by atoms with Gasteiger partial charge in [-0.1, -0.05) is 18.0 Å². The molecule has 0 aromatic carbocycles. The number of nitrogens with zero attached hydrogens (tertiary/aromatic N) is 3. The van der Waals surface area contributed by atoms with Gasteiger partial charge in [0.2, 0.25) is 0 Å². The number of hydrogen-bond acceptors (Lipinski definition) is 5. The van der Waals surface area contributed by atoms with Crippen LogP contribution in [0.5, 0.6) is 0 Å². The van der Waals surface area contributed by atoms with Crippen LogP contribution in [0.2, 0.25) is 5.02 Å². The number of H-pyrrole nitrogens is 1. The smallest absolute Gasteiger partial charge is 0.163 e. The Labute approximate surface area is 154 Å². The molecule has 1 aliphatic carbocycles. The molecule has 26 heavy (non-hydrogen) atoms. The lowest BCUT2D eigenvalue weighted by Gasteiger charge is -2.31. The van der Waals surface area contributed by atoms with Crippen molar-refractivity contribution in [3.05, 3.63) is 41.2 Å². The maximum Gasteiger partial charge on any atom is 0.163 e. The van der Waals surface area contributed by atoms with Crippen molar-refractivity contribution in [2.45, 2.75) is 37.9 Å². The van der Waals surface area contributed by atoms with Crippen molar-refractivity contribution in [3.8, 4) is 11.4 Å². The topological polar surface area (TPSA) is 94.9 Å². The summed E-state index contributed by atoms with van der Waals surface area (Å²) in [5.41, 5.74) is 1.56. The number of aliphatic hydroxyl groups excluding tert-OH is 2. The maximum atomic E-state index is 14.3. The molecule has 3 atom stereocenters. The molecule has 3 aromatic rings. The van der Waals surface area contributed by atoms with E-state index < -0.39 is 18.0 Å². The van der Waals surface area contributed by atoms with Gasteiger partial charge in [-0.2, -0.15) is 0 Å². The van der Waals surface area contributed by atoms with Crippen molar-refractivity contribution in [2.24, 2.45) is 5.92 Å². The van der Waals surface area contributed by atoms with Crippen molar-refractivity contribution in [2.75, 3.05) is 0 Å². The Morgan fingerprint density at radius 1 is 1.23 bits per heavy atom. The molecule has 0 saturated heterocycles. The predicted molar refractivity (Wildman–Crippen MR) is 95.1 cm³/mol. The van der Waals surface area contributed by atoms with E-state index in [0.29, 0.717) is 28.5 Å². The second kappa shape index (κ2) is 6.90. The molecule has 0 radical (unpaired) electrons. The van der Waals surface area contributed by atoms with Crippen molar-refractivity contribution in [3.63, 3.8) is 0 Å². The van der Waals surface area contributed by atoms with Crippen LogP contribution in [0.25, 0.3) is 22.4 Å². The first-order chi connectivity index (χ1) is 12.5. The summed E-state index contributed by atoms with van der Waals surface area (Å²) in [6, 6.07) is 1.75. The minimum atomic E-state index is -0.863. The Bertz CT molecular complexity index is 948. The summed E-state index contributed by atoms with van der Waals surface area (Å²) in [5, 5.41) is 21.3. The Hall–Kier alpha value is -2.09. The second-order valence-electron chi connectivity index (χ2n) is 6.69. The van der Waals surface area contributed by atoms with Crippen LogP contribution in [0, 0.1) is 11.7 Å². The van der Waals surface area contributed by atoms with E-state index in [9.17, 15) is 14.6 Å². The first-order valence-electron chi connectivity index (χ1n) is 8.53. The summed E-state index contributed by atoms with van der Waals surface area (Å²) in [7, 11) is 0. The number of aromatic nitrogens is 4. The predicted octanol–water partition coefficient (Wildman–Crippen LogP) is 2.88. The van der Waals surface area contributed by atoms with Crippen LogP contribution < -0.4 is 0 Å². The molecule has 0 bridgehead atoms. The number of nitrogens with one attached hydrogen (secondary N) is 1. The summed E-state index contributed by atoms with van der Waals surface area (Å²) < 4.78 is 14.3. The number of hydrogen-bond donors (Lipinski definition) is 3. The maximum absolute atomic E-state index is 14.3. The summed E-state index contributed by atoms with van der Waals surface area (Å²) in [6.07, 6.45) is 5.11. The lowest BCUT2D eigenvalue weighted by molar-refractivity contribution is -0.0447. The summed E-state index contributed by atoms with van der Waals surface area (Å²) in [4.78, 5) is 15.7. The molecule has 8 heteroatoms. The van der Waals surface area contributed by atoms with Gasteiger partial charge in [0.05, 0.1) is 29.1 Å². The normalized spacial score (nSPS) is 23.5. The minimum Gasteiger partial charge on any atom is -0.390 e. The number of rotatable bonds is 3. The summed E-state index contributed by atoms with van der Waals surface area (Å²) >= 11 is 6.02. The monoisotopic (exact) mass is 376 g/mol. The highest BCUT2D eigenvalue weighted by Crippen LogP contribution is 2.30. The van der Waals surface area contributed by atoms with E-state index in [1.165, 1.54) is 6.20 Å². The summed E-state index contributed by atoms with van der Waals surface area (Å²) in [5.74, 6) is -0.380. The minimum absolute atomic E-state index is 0.227. The van der Waals surface area contributed by atoms with Crippen molar-refractivity contribution in [1.82, 2.24) is 19.9 Å². The average Bonchev–Trinajstić information content (AvgIpc) is 3.04. The quantitative estimate of drug-likeness (QED) is 0.653. The van der Waals surface area contributed by atoms with Crippen LogP contribution in [0.3, 0.4) is 0 Å². The standard InChI is InChI=1S/C18H18ClFN4O2/c19-10-5-11-12(7-22-17(11)21-6-10)18-23-8-13(20)14(24-18)4-9-2-1-3-15(25)16(9)26/h5-9,15-16,25-26H,1-4H2,(H,21,22)/t9-,15-,16-/m1/s1. The second-order valence-corrected chi connectivity index (χ2v) is 7.13. The Morgan fingerprint density at radius 2 is 2.08 bits per heavy atom. The molecule has 0 aliphatic heterocycles. The molecule has 3 heterocycles. The van der Waals surface area contributed by atoms with E-state index in [0.717, 1.165) is 24.4 Å². The van der Waals surface area contributed by atoms with Gasteiger partial charge in [-0.3, -0.25) is 0 Å². The van der Waals surface area contributed by atoms with Crippen LogP contribution in [-0.4, -0.2) is 42.4 Å². The van der Waals surface area contributed by atoms with E-state index in [2.05, 4.69) is 19.9 Å². The fourth-order valence-electron chi connectivity index (χ4n) is 3.55. The van der Waals surface area contributed by atoms with Crippen LogP contribution in [0.4, 0.5) is 4.39 Å².